The number of H-pyrrole nitrogens is 1. The summed E-state index contributed by atoms with van der Waals surface area (Å²) in [4.78, 5) is 31.5. The number of carbonyl (C=O) groups is 1. The number of hydrogen-bond acceptors (Lipinski definition) is 6. The highest BCUT2D eigenvalue weighted by Crippen LogP contribution is 2.40. The predicted octanol–water partition coefficient (Wildman–Crippen LogP) is 2.12. The van der Waals surface area contributed by atoms with Gasteiger partial charge < -0.3 is 15.8 Å². The standard InChI is InChI=1S/C16H15BrN4O3/c1-7-10(15(23)24-2)11(8-4-3-5-9(17)6-8)12-13(19-7)20-16(18)21-14(12)22/h3-6,11H,1-2H3,(H4,18,19,20,21,22). The Bertz CT molecular complexity index is 920. The molecule has 24 heavy (non-hydrogen) atoms. The lowest BCUT2D eigenvalue weighted by atomic mass is 9.82. The van der Waals surface area contributed by atoms with E-state index in [0.29, 0.717) is 22.7 Å². The molecule has 1 aliphatic rings. The number of nitrogens with two attached hydrogens (primary N) is 1. The minimum Gasteiger partial charge on any atom is -0.466 e. The fraction of sp³-hybridized carbons (Fsp3) is 0.188. The number of ether oxygens (including phenoxy) is 1. The van der Waals surface area contributed by atoms with Crippen LogP contribution in [0.5, 0.6) is 0 Å². The van der Waals surface area contributed by atoms with Crippen molar-refractivity contribution in [1.29, 1.82) is 0 Å². The first-order chi connectivity index (χ1) is 11.4. The summed E-state index contributed by atoms with van der Waals surface area (Å²) in [5.74, 6) is -0.769. The van der Waals surface area contributed by atoms with Crippen LogP contribution in [0.25, 0.3) is 0 Å². The van der Waals surface area contributed by atoms with Crippen LogP contribution in [0, 0.1) is 0 Å². The van der Waals surface area contributed by atoms with E-state index in [1.54, 1.807) is 6.92 Å². The molecule has 4 N–H and O–H groups in total. The zero-order chi connectivity index (χ0) is 17.4. The number of methoxy groups -OCH3 is 1. The molecule has 124 valence electrons. The van der Waals surface area contributed by atoms with E-state index in [0.717, 1.165) is 10.0 Å². The third-order valence-corrected chi connectivity index (χ3v) is 4.34. The van der Waals surface area contributed by atoms with Gasteiger partial charge in [0.25, 0.3) is 5.56 Å². The first kappa shape index (κ1) is 16.3. The first-order valence-corrected chi connectivity index (χ1v) is 7.93. The molecule has 1 aromatic heterocycles. The van der Waals surface area contributed by atoms with E-state index < -0.39 is 17.4 Å². The summed E-state index contributed by atoms with van der Waals surface area (Å²) >= 11 is 3.42. The van der Waals surface area contributed by atoms with Gasteiger partial charge in [-0.15, -0.1) is 0 Å². The second kappa shape index (κ2) is 6.12. The van der Waals surface area contributed by atoms with Crippen molar-refractivity contribution in [1.82, 2.24) is 9.97 Å². The largest absolute Gasteiger partial charge is 0.466 e. The lowest BCUT2D eigenvalue weighted by Crippen LogP contribution is -2.31. The summed E-state index contributed by atoms with van der Waals surface area (Å²) in [6.45, 7) is 1.74. The monoisotopic (exact) mass is 390 g/mol. The number of aromatic amines is 1. The van der Waals surface area contributed by atoms with Crippen LogP contribution in [0.15, 0.2) is 44.8 Å². The van der Waals surface area contributed by atoms with E-state index in [9.17, 15) is 9.59 Å². The van der Waals surface area contributed by atoms with Crippen molar-refractivity contribution in [2.45, 2.75) is 12.8 Å². The molecule has 8 heteroatoms. The van der Waals surface area contributed by atoms with E-state index in [-0.39, 0.29) is 5.95 Å². The van der Waals surface area contributed by atoms with Crippen LogP contribution in [0.4, 0.5) is 11.8 Å². The van der Waals surface area contributed by atoms with Gasteiger partial charge in [-0.3, -0.25) is 9.78 Å². The lowest BCUT2D eigenvalue weighted by molar-refractivity contribution is -0.136. The Balaban J connectivity index is 2.32. The second-order valence-electron chi connectivity index (χ2n) is 5.36. The molecule has 1 aliphatic heterocycles. The molecule has 0 bridgehead atoms. The molecule has 7 nitrogen and oxygen atoms in total. The van der Waals surface area contributed by atoms with Crippen molar-refractivity contribution in [2.24, 2.45) is 0 Å². The molecule has 2 aromatic rings. The topological polar surface area (TPSA) is 110 Å². The summed E-state index contributed by atoms with van der Waals surface area (Å²) in [6, 6.07) is 7.40. The fourth-order valence-electron chi connectivity index (χ4n) is 2.87. The lowest BCUT2D eigenvalue weighted by Gasteiger charge is -2.28. The number of esters is 1. The highest BCUT2D eigenvalue weighted by atomic mass is 79.9. The molecule has 3 rings (SSSR count). The Morgan fingerprint density at radius 3 is 2.83 bits per heavy atom. The van der Waals surface area contributed by atoms with Crippen LogP contribution < -0.4 is 16.6 Å². The summed E-state index contributed by atoms with van der Waals surface area (Å²) in [5.41, 5.74) is 7.26. The number of nitrogen functional groups attached to an aromatic ring is 1. The minimum absolute atomic E-state index is 0.00793. The number of allylic oxidation sites excluding steroid dienone is 1. The molecular weight excluding hydrogens is 376 g/mol. The maximum Gasteiger partial charge on any atom is 0.336 e. The Hall–Kier alpha value is -2.61. The van der Waals surface area contributed by atoms with Crippen molar-refractivity contribution in [3.8, 4) is 0 Å². The maximum atomic E-state index is 12.5. The van der Waals surface area contributed by atoms with Crippen molar-refractivity contribution in [3.05, 3.63) is 61.5 Å². The summed E-state index contributed by atoms with van der Waals surface area (Å²) in [5, 5.41) is 2.98. The summed E-state index contributed by atoms with van der Waals surface area (Å²) in [7, 11) is 1.31. The first-order valence-electron chi connectivity index (χ1n) is 7.13. The SMILES string of the molecule is COC(=O)C1=C(C)Nc2nc(N)[nH]c(=O)c2C1c1cccc(Br)c1. The number of carbonyl (C=O) groups excluding carboxylic acids is 1. The summed E-state index contributed by atoms with van der Waals surface area (Å²) in [6.07, 6.45) is 0. The number of benzene rings is 1. The number of anilines is 2. The Kier molecular flexibility index (Phi) is 4.15. The van der Waals surface area contributed by atoms with E-state index in [1.807, 2.05) is 24.3 Å². The number of hydrogen-bond donors (Lipinski definition) is 3. The van der Waals surface area contributed by atoms with Crippen LogP contribution in [-0.4, -0.2) is 23.0 Å². The Morgan fingerprint density at radius 1 is 1.42 bits per heavy atom. The number of nitrogens with one attached hydrogen (secondary N) is 2. The Labute approximate surface area is 146 Å². The van der Waals surface area contributed by atoms with Gasteiger partial charge in [0.05, 0.1) is 24.2 Å². The molecule has 1 aromatic carbocycles. The molecular formula is C16H15BrN4O3. The van der Waals surface area contributed by atoms with Crippen LogP contribution in [0.1, 0.15) is 24.0 Å². The van der Waals surface area contributed by atoms with Gasteiger partial charge in [0.2, 0.25) is 5.95 Å². The molecule has 1 unspecified atom stereocenters. The van der Waals surface area contributed by atoms with Crippen LogP contribution in [0.2, 0.25) is 0 Å². The van der Waals surface area contributed by atoms with Gasteiger partial charge in [-0.05, 0) is 24.6 Å². The second-order valence-corrected chi connectivity index (χ2v) is 6.27. The van der Waals surface area contributed by atoms with Crippen LogP contribution >= 0.6 is 15.9 Å². The molecule has 2 heterocycles. The highest BCUT2D eigenvalue weighted by molar-refractivity contribution is 9.10. The van der Waals surface area contributed by atoms with Gasteiger partial charge in [-0.1, -0.05) is 28.1 Å². The van der Waals surface area contributed by atoms with Crippen LogP contribution in [-0.2, 0) is 9.53 Å². The third-order valence-electron chi connectivity index (χ3n) is 3.85. The molecule has 0 saturated carbocycles. The smallest absolute Gasteiger partial charge is 0.336 e. The quantitative estimate of drug-likeness (QED) is 0.677. The maximum absolute atomic E-state index is 12.5. The zero-order valence-corrected chi connectivity index (χ0v) is 14.6. The third kappa shape index (κ3) is 2.69. The van der Waals surface area contributed by atoms with E-state index in [4.69, 9.17) is 10.5 Å². The van der Waals surface area contributed by atoms with Gasteiger partial charge in [-0.2, -0.15) is 4.98 Å². The minimum atomic E-state index is -0.608. The molecule has 1 atom stereocenters. The average molecular weight is 391 g/mol. The molecule has 0 radical (unpaired) electrons. The molecule has 0 amide bonds. The van der Waals surface area contributed by atoms with Gasteiger partial charge in [0, 0.05) is 10.2 Å². The molecule has 0 spiro atoms. The Morgan fingerprint density at radius 2 is 2.17 bits per heavy atom. The number of nitrogens with zero attached hydrogens (tertiary/aromatic N) is 1. The van der Waals surface area contributed by atoms with Crippen LogP contribution in [0.3, 0.4) is 0 Å². The predicted molar refractivity (Wildman–Crippen MR) is 93.6 cm³/mol. The van der Waals surface area contributed by atoms with Gasteiger partial charge in [0.1, 0.15) is 5.82 Å². The van der Waals surface area contributed by atoms with E-state index in [2.05, 4.69) is 31.2 Å². The van der Waals surface area contributed by atoms with Crippen molar-refractivity contribution >= 4 is 33.7 Å². The van der Waals surface area contributed by atoms with E-state index in [1.165, 1.54) is 7.11 Å². The summed E-state index contributed by atoms with van der Waals surface area (Å²) < 4.78 is 5.75. The van der Waals surface area contributed by atoms with Gasteiger partial charge in [0.15, 0.2) is 0 Å². The average Bonchev–Trinajstić information content (AvgIpc) is 2.52. The number of aromatic nitrogens is 2. The van der Waals surface area contributed by atoms with Crippen molar-refractivity contribution < 1.29 is 9.53 Å². The number of rotatable bonds is 2. The van der Waals surface area contributed by atoms with Gasteiger partial charge in [-0.25, -0.2) is 4.79 Å². The fourth-order valence-corrected chi connectivity index (χ4v) is 3.29. The number of fused-ring (bicyclic) bond motifs is 1. The van der Waals surface area contributed by atoms with Crippen molar-refractivity contribution in [2.75, 3.05) is 18.2 Å². The highest BCUT2D eigenvalue weighted by Gasteiger charge is 2.36. The van der Waals surface area contributed by atoms with Crippen molar-refractivity contribution in [3.63, 3.8) is 0 Å². The molecule has 0 fully saturated rings. The normalized spacial score (nSPS) is 16.4. The zero-order valence-electron chi connectivity index (χ0n) is 13.0. The molecule has 0 aliphatic carbocycles. The molecule has 0 saturated heterocycles. The number of halogens is 1. The van der Waals surface area contributed by atoms with Gasteiger partial charge >= 0.3 is 5.97 Å². The van der Waals surface area contributed by atoms with E-state index >= 15 is 0 Å².